The van der Waals surface area contributed by atoms with Crippen molar-refractivity contribution in [2.75, 3.05) is 5.75 Å². The lowest BCUT2D eigenvalue weighted by Crippen LogP contribution is -2.33. The summed E-state index contributed by atoms with van der Waals surface area (Å²) in [4.78, 5) is 12.1. The summed E-state index contributed by atoms with van der Waals surface area (Å²) in [5.41, 5.74) is 0.222. The van der Waals surface area contributed by atoms with Crippen molar-refractivity contribution in [2.24, 2.45) is 0 Å². The van der Waals surface area contributed by atoms with Crippen LogP contribution < -0.4 is 5.32 Å². The Morgan fingerprint density at radius 1 is 1.28 bits per heavy atom. The van der Waals surface area contributed by atoms with Crippen LogP contribution in [-0.4, -0.2) is 26.1 Å². The third kappa shape index (κ3) is 3.32. The maximum Gasteiger partial charge on any atom is 0.252 e. The van der Waals surface area contributed by atoms with E-state index < -0.39 is 9.84 Å². The van der Waals surface area contributed by atoms with Gasteiger partial charge in [0.2, 0.25) is 0 Å². The number of nitrogens with one attached hydrogen (secondary N) is 1. The van der Waals surface area contributed by atoms with E-state index in [2.05, 4.69) is 5.32 Å². The smallest absolute Gasteiger partial charge is 0.252 e. The standard InChI is InChI=1S/C13H19NO3S/c1-4-10(3)14-13(15)11-8-6-7-9-12(11)18(16,17)5-2/h6-10H,4-5H2,1-3H3,(H,14,15)/t10-/m1/s1. The Hall–Kier alpha value is -1.36. The number of amides is 1. The molecule has 1 aromatic rings. The van der Waals surface area contributed by atoms with Gasteiger partial charge in [-0.05, 0) is 25.5 Å². The molecule has 5 heteroatoms. The lowest BCUT2D eigenvalue weighted by Gasteiger charge is -2.13. The first-order chi connectivity index (χ1) is 8.42. The first-order valence-electron chi connectivity index (χ1n) is 6.05. The number of hydrogen-bond acceptors (Lipinski definition) is 3. The molecule has 4 nitrogen and oxygen atoms in total. The fourth-order valence-electron chi connectivity index (χ4n) is 1.48. The first-order valence-corrected chi connectivity index (χ1v) is 7.70. The topological polar surface area (TPSA) is 63.2 Å². The van der Waals surface area contributed by atoms with Crippen molar-refractivity contribution < 1.29 is 13.2 Å². The summed E-state index contributed by atoms with van der Waals surface area (Å²) >= 11 is 0. The molecule has 0 bridgehead atoms. The Kier molecular flexibility index (Phi) is 4.90. The Labute approximate surface area is 108 Å². The van der Waals surface area contributed by atoms with Crippen molar-refractivity contribution in [3.63, 3.8) is 0 Å². The largest absolute Gasteiger partial charge is 0.350 e. The molecule has 1 amide bonds. The summed E-state index contributed by atoms with van der Waals surface area (Å²) in [7, 11) is -3.38. The van der Waals surface area contributed by atoms with Gasteiger partial charge >= 0.3 is 0 Å². The van der Waals surface area contributed by atoms with Gasteiger partial charge in [-0.2, -0.15) is 0 Å². The quantitative estimate of drug-likeness (QED) is 0.889. The predicted octanol–water partition coefficient (Wildman–Crippen LogP) is 2.01. The van der Waals surface area contributed by atoms with E-state index in [0.29, 0.717) is 0 Å². The van der Waals surface area contributed by atoms with E-state index in [0.717, 1.165) is 6.42 Å². The average Bonchev–Trinajstić information content (AvgIpc) is 2.38. The molecule has 0 aliphatic carbocycles. The monoisotopic (exact) mass is 269 g/mol. The van der Waals surface area contributed by atoms with Crippen molar-refractivity contribution in [1.29, 1.82) is 0 Å². The average molecular weight is 269 g/mol. The molecule has 100 valence electrons. The van der Waals surface area contributed by atoms with Crippen LogP contribution in [0.4, 0.5) is 0 Å². The van der Waals surface area contributed by atoms with Crippen LogP contribution >= 0.6 is 0 Å². The highest BCUT2D eigenvalue weighted by atomic mass is 32.2. The molecule has 0 unspecified atom stereocenters. The van der Waals surface area contributed by atoms with Crippen molar-refractivity contribution in [3.8, 4) is 0 Å². The summed E-state index contributed by atoms with van der Waals surface area (Å²) in [6.45, 7) is 5.41. The Bertz CT molecular complexity index is 523. The second-order valence-electron chi connectivity index (χ2n) is 4.18. The molecule has 0 fully saturated rings. The first kappa shape index (κ1) is 14.7. The van der Waals surface area contributed by atoms with Crippen molar-refractivity contribution in [3.05, 3.63) is 29.8 Å². The van der Waals surface area contributed by atoms with Crippen LogP contribution in [0.1, 0.15) is 37.6 Å². The summed E-state index contributed by atoms with van der Waals surface area (Å²) in [6, 6.07) is 6.34. The summed E-state index contributed by atoms with van der Waals surface area (Å²) < 4.78 is 23.8. The van der Waals surface area contributed by atoms with Crippen molar-refractivity contribution in [2.45, 2.75) is 38.1 Å². The maximum atomic E-state index is 12.0. The molecule has 1 rings (SSSR count). The van der Waals surface area contributed by atoms with Crippen molar-refractivity contribution >= 4 is 15.7 Å². The van der Waals surface area contributed by atoms with Gasteiger partial charge < -0.3 is 5.32 Å². The molecule has 0 aliphatic heterocycles. The van der Waals surface area contributed by atoms with E-state index >= 15 is 0 Å². The fourth-order valence-corrected chi connectivity index (χ4v) is 2.58. The van der Waals surface area contributed by atoms with Crippen LogP contribution in [0.15, 0.2) is 29.2 Å². The van der Waals surface area contributed by atoms with Gasteiger partial charge in [-0.25, -0.2) is 8.42 Å². The zero-order valence-electron chi connectivity index (χ0n) is 10.9. The Morgan fingerprint density at radius 2 is 1.89 bits per heavy atom. The Morgan fingerprint density at radius 3 is 2.44 bits per heavy atom. The lowest BCUT2D eigenvalue weighted by atomic mass is 10.2. The molecule has 1 N–H and O–H groups in total. The molecule has 1 aromatic carbocycles. The van der Waals surface area contributed by atoms with E-state index in [-0.39, 0.29) is 28.2 Å². The van der Waals surface area contributed by atoms with Gasteiger partial charge in [-0.15, -0.1) is 0 Å². The van der Waals surface area contributed by atoms with Crippen LogP contribution in [0.3, 0.4) is 0 Å². The zero-order valence-corrected chi connectivity index (χ0v) is 11.8. The van der Waals surface area contributed by atoms with Gasteiger partial charge in [0.1, 0.15) is 0 Å². The molecule has 0 aliphatic rings. The number of sulfone groups is 1. The highest BCUT2D eigenvalue weighted by Gasteiger charge is 2.20. The highest BCUT2D eigenvalue weighted by Crippen LogP contribution is 2.17. The molecular weight excluding hydrogens is 250 g/mol. The third-order valence-electron chi connectivity index (χ3n) is 2.84. The molecular formula is C13H19NO3S. The second kappa shape index (κ2) is 6.00. The molecule has 0 saturated carbocycles. The zero-order chi connectivity index (χ0) is 13.8. The fraction of sp³-hybridized carbons (Fsp3) is 0.462. The van der Waals surface area contributed by atoms with Gasteiger partial charge in [0, 0.05) is 6.04 Å². The van der Waals surface area contributed by atoms with Crippen LogP contribution in [0.2, 0.25) is 0 Å². The molecule has 0 heterocycles. The van der Waals surface area contributed by atoms with E-state index in [1.54, 1.807) is 25.1 Å². The number of carbonyl (C=O) groups is 1. The minimum Gasteiger partial charge on any atom is -0.350 e. The highest BCUT2D eigenvalue weighted by molar-refractivity contribution is 7.91. The van der Waals surface area contributed by atoms with E-state index in [1.165, 1.54) is 6.07 Å². The van der Waals surface area contributed by atoms with Gasteiger partial charge in [-0.1, -0.05) is 26.0 Å². The van der Waals surface area contributed by atoms with Crippen LogP contribution in [0, 0.1) is 0 Å². The molecule has 1 atom stereocenters. The number of benzene rings is 1. The summed E-state index contributed by atoms with van der Waals surface area (Å²) in [5, 5.41) is 2.78. The molecule has 0 aromatic heterocycles. The minimum atomic E-state index is -3.38. The SMILES string of the molecule is CC[C@@H](C)NC(=O)c1ccccc1S(=O)(=O)CC. The molecule has 18 heavy (non-hydrogen) atoms. The van der Waals surface area contributed by atoms with E-state index in [1.807, 2.05) is 13.8 Å². The van der Waals surface area contributed by atoms with E-state index in [4.69, 9.17) is 0 Å². The maximum absolute atomic E-state index is 12.0. The van der Waals surface area contributed by atoms with Gasteiger partial charge in [0.05, 0.1) is 16.2 Å². The number of carbonyl (C=O) groups excluding carboxylic acids is 1. The van der Waals surface area contributed by atoms with Gasteiger partial charge in [0.25, 0.3) is 5.91 Å². The van der Waals surface area contributed by atoms with Gasteiger partial charge in [0.15, 0.2) is 9.84 Å². The number of rotatable bonds is 5. The molecule has 0 radical (unpaired) electrons. The normalized spacial score (nSPS) is 13.1. The van der Waals surface area contributed by atoms with E-state index in [9.17, 15) is 13.2 Å². The predicted molar refractivity (Wildman–Crippen MR) is 71.4 cm³/mol. The van der Waals surface area contributed by atoms with Crippen LogP contribution in [0.25, 0.3) is 0 Å². The summed E-state index contributed by atoms with van der Waals surface area (Å²) in [5.74, 6) is -0.349. The summed E-state index contributed by atoms with van der Waals surface area (Å²) in [6.07, 6.45) is 0.800. The second-order valence-corrected chi connectivity index (χ2v) is 6.43. The third-order valence-corrected chi connectivity index (χ3v) is 4.62. The molecule has 0 saturated heterocycles. The van der Waals surface area contributed by atoms with Crippen LogP contribution in [0.5, 0.6) is 0 Å². The van der Waals surface area contributed by atoms with Gasteiger partial charge in [-0.3, -0.25) is 4.79 Å². The minimum absolute atomic E-state index is 0.0133. The van der Waals surface area contributed by atoms with Crippen LogP contribution in [-0.2, 0) is 9.84 Å². The Balaban J connectivity index is 3.14. The lowest BCUT2D eigenvalue weighted by molar-refractivity contribution is 0.0936. The van der Waals surface area contributed by atoms with Crippen molar-refractivity contribution in [1.82, 2.24) is 5.32 Å². The molecule has 0 spiro atoms. The number of hydrogen-bond donors (Lipinski definition) is 1.